The number of ether oxygens (including phenoxy) is 1. The Bertz CT molecular complexity index is 634. The van der Waals surface area contributed by atoms with Crippen LogP contribution in [0.2, 0.25) is 0 Å². The number of rotatable bonds is 3. The van der Waals surface area contributed by atoms with Gasteiger partial charge in [0.15, 0.2) is 5.96 Å². The number of benzene rings is 1. The molecule has 6 nitrogen and oxygen atoms in total. The van der Waals surface area contributed by atoms with Gasteiger partial charge in [-0.05, 0) is 44.9 Å². The predicted octanol–water partition coefficient (Wildman–Crippen LogP) is 3.12. The molecule has 1 heterocycles. The molecular formula is C18H28FIN4O2. The van der Waals surface area contributed by atoms with Crippen molar-refractivity contribution in [2.75, 3.05) is 20.1 Å². The van der Waals surface area contributed by atoms with Crippen molar-refractivity contribution in [2.45, 2.75) is 45.4 Å². The standard InChI is InChI=1S/C18H27FN4O2.HI/c1-18(2,3)25-17(24)22-15-8-9-23(12-15)16(20-4)21-11-13-6-5-7-14(19)10-13;/h5-7,10,15H,8-9,11-12H2,1-4H3,(H,20,21)(H,22,24);1H. The smallest absolute Gasteiger partial charge is 0.407 e. The molecule has 1 amide bonds. The summed E-state index contributed by atoms with van der Waals surface area (Å²) in [6, 6.07) is 6.48. The first-order valence-corrected chi connectivity index (χ1v) is 8.46. The van der Waals surface area contributed by atoms with Crippen molar-refractivity contribution in [3.63, 3.8) is 0 Å². The minimum atomic E-state index is -0.509. The molecule has 1 fully saturated rings. The summed E-state index contributed by atoms with van der Waals surface area (Å²) in [7, 11) is 1.71. The van der Waals surface area contributed by atoms with Gasteiger partial charge in [-0.2, -0.15) is 0 Å². The van der Waals surface area contributed by atoms with Crippen LogP contribution >= 0.6 is 24.0 Å². The number of halogens is 2. The lowest BCUT2D eigenvalue weighted by Crippen LogP contribution is -2.44. The van der Waals surface area contributed by atoms with Gasteiger partial charge in [0.05, 0.1) is 6.04 Å². The second-order valence-electron chi connectivity index (χ2n) is 7.11. The summed E-state index contributed by atoms with van der Waals surface area (Å²) >= 11 is 0. The molecule has 1 saturated heterocycles. The van der Waals surface area contributed by atoms with Crippen LogP contribution in [0.25, 0.3) is 0 Å². The van der Waals surface area contributed by atoms with Gasteiger partial charge < -0.3 is 20.3 Å². The van der Waals surface area contributed by atoms with Crippen molar-refractivity contribution in [2.24, 2.45) is 4.99 Å². The van der Waals surface area contributed by atoms with Gasteiger partial charge in [0, 0.05) is 26.7 Å². The van der Waals surface area contributed by atoms with Gasteiger partial charge in [-0.15, -0.1) is 24.0 Å². The summed E-state index contributed by atoms with van der Waals surface area (Å²) in [5, 5.41) is 6.12. The maximum atomic E-state index is 13.2. The van der Waals surface area contributed by atoms with E-state index in [-0.39, 0.29) is 35.8 Å². The second-order valence-corrected chi connectivity index (χ2v) is 7.11. The Morgan fingerprint density at radius 2 is 2.15 bits per heavy atom. The van der Waals surface area contributed by atoms with Crippen molar-refractivity contribution in [3.05, 3.63) is 35.6 Å². The average Bonchev–Trinajstić information content (AvgIpc) is 2.94. The van der Waals surface area contributed by atoms with E-state index in [4.69, 9.17) is 4.74 Å². The van der Waals surface area contributed by atoms with E-state index >= 15 is 0 Å². The number of nitrogens with one attached hydrogen (secondary N) is 2. The number of hydrogen-bond acceptors (Lipinski definition) is 3. The quantitative estimate of drug-likeness (QED) is 0.398. The molecule has 1 unspecified atom stereocenters. The van der Waals surface area contributed by atoms with Gasteiger partial charge in [0.2, 0.25) is 0 Å². The zero-order valence-electron chi connectivity index (χ0n) is 15.7. The highest BCUT2D eigenvalue weighted by molar-refractivity contribution is 14.0. The van der Waals surface area contributed by atoms with Gasteiger partial charge in [-0.1, -0.05) is 12.1 Å². The van der Waals surface area contributed by atoms with Crippen LogP contribution < -0.4 is 10.6 Å². The van der Waals surface area contributed by atoms with Crippen LogP contribution in [0.3, 0.4) is 0 Å². The van der Waals surface area contributed by atoms with E-state index in [1.807, 2.05) is 26.8 Å². The number of carbonyl (C=O) groups is 1. The number of guanidine groups is 1. The number of amides is 1. The monoisotopic (exact) mass is 478 g/mol. The van der Waals surface area contributed by atoms with Crippen LogP contribution in [0, 0.1) is 5.82 Å². The molecule has 26 heavy (non-hydrogen) atoms. The molecule has 1 atom stereocenters. The van der Waals surface area contributed by atoms with Crippen molar-refractivity contribution < 1.29 is 13.9 Å². The van der Waals surface area contributed by atoms with Gasteiger partial charge in [0.25, 0.3) is 0 Å². The largest absolute Gasteiger partial charge is 0.444 e. The number of hydrogen-bond donors (Lipinski definition) is 2. The minimum absolute atomic E-state index is 0. The number of likely N-dealkylation sites (tertiary alicyclic amines) is 1. The van der Waals surface area contributed by atoms with E-state index < -0.39 is 11.7 Å². The molecule has 0 saturated carbocycles. The Balaban J connectivity index is 0.00000338. The molecule has 1 aromatic carbocycles. The molecule has 1 aliphatic rings. The highest BCUT2D eigenvalue weighted by Crippen LogP contribution is 2.12. The molecule has 0 spiro atoms. The Kier molecular flexibility index (Phi) is 8.58. The number of alkyl carbamates (subject to hydrolysis) is 1. The fraction of sp³-hybridized carbons (Fsp3) is 0.556. The summed E-state index contributed by atoms with van der Waals surface area (Å²) in [5.41, 5.74) is 0.342. The first-order valence-electron chi connectivity index (χ1n) is 8.46. The first kappa shape index (κ1) is 22.5. The van der Waals surface area contributed by atoms with Gasteiger partial charge in [0.1, 0.15) is 11.4 Å². The number of carbonyl (C=O) groups excluding carboxylic acids is 1. The topological polar surface area (TPSA) is 66.0 Å². The third-order valence-corrected chi connectivity index (χ3v) is 3.76. The Morgan fingerprint density at radius 1 is 1.42 bits per heavy atom. The molecule has 0 aliphatic carbocycles. The van der Waals surface area contributed by atoms with Crippen molar-refractivity contribution in [3.8, 4) is 0 Å². The summed E-state index contributed by atoms with van der Waals surface area (Å²) in [4.78, 5) is 18.2. The zero-order valence-corrected chi connectivity index (χ0v) is 18.0. The molecule has 1 aromatic rings. The molecule has 8 heteroatoms. The van der Waals surface area contributed by atoms with Gasteiger partial charge in [-0.3, -0.25) is 4.99 Å². The normalized spacial score (nSPS) is 17.5. The fourth-order valence-electron chi connectivity index (χ4n) is 2.71. The van der Waals surface area contributed by atoms with E-state index in [0.29, 0.717) is 13.1 Å². The third kappa shape index (κ3) is 7.35. The summed E-state index contributed by atoms with van der Waals surface area (Å²) < 4.78 is 18.5. The lowest BCUT2D eigenvalue weighted by molar-refractivity contribution is 0.0507. The van der Waals surface area contributed by atoms with E-state index in [0.717, 1.165) is 24.5 Å². The highest BCUT2D eigenvalue weighted by Gasteiger charge is 2.27. The Hall–Kier alpha value is -1.58. The van der Waals surface area contributed by atoms with Crippen LogP contribution in [0.5, 0.6) is 0 Å². The van der Waals surface area contributed by atoms with E-state index in [2.05, 4.69) is 20.5 Å². The highest BCUT2D eigenvalue weighted by atomic mass is 127. The Labute approximate surface area is 171 Å². The molecule has 0 radical (unpaired) electrons. The van der Waals surface area contributed by atoms with Gasteiger partial charge >= 0.3 is 6.09 Å². The fourth-order valence-corrected chi connectivity index (χ4v) is 2.71. The van der Waals surface area contributed by atoms with Crippen LogP contribution in [-0.2, 0) is 11.3 Å². The number of aliphatic imine (C=N–C) groups is 1. The summed E-state index contributed by atoms with van der Waals surface area (Å²) in [6.07, 6.45) is 0.418. The average molecular weight is 478 g/mol. The molecule has 0 bridgehead atoms. The maximum Gasteiger partial charge on any atom is 0.407 e. The van der Waals surface area contributed by atoms with Crippen molar-refractivity contribution in [1.29, 1.82) is 0 Å². The molecular weight excluding hydrogens is 450 g/mol. The maximum absolute atomic E-state index is 13.2. The van der Waals surface area contributed by atoms with Gasteiger partial charge in [-0.25, -0.2) is 9.18 Å². The van der Waals surface area contributed by atoms with Crippen LogP contribution in [0.1, 0.15) is 32.8 Å². The lowest BCUT2D eigenvalue weighted by atomic mass is 10.2. The SMILES string of the molecule is CN=C(NCc1cccc(F)c1)N1CCC(NC(=O)OC(C)(C)C)C1.I. The Morgan fingerprint density at radius 3 is 2.77 bits per heavy atom. The van der Waals surface area contributed by atoms with Crippen LogP contribution in [-0.4, -0.2) is 48.7 Å². The molecule has 1 aliphatic heterocycles. The summed E-state index contributed by atoms with van der Waals surface area (Å²) in [5.74, 6) is 0.481. The molecule has 146 valence electrons. The zero-order chi connectivity index (χ0) is 18.4. The van der Waals surface area contributed by atoms with Crippen molar-refractivity contribution >= 4 is 36.0 Å². The number of nitrogens with zero attached hydrogens (tertiary/aromatic N) is 2. The van der Waals surface area contributed by atoms with Crippen LogP contribution in [0.4, 0.5) is 9.18 Å². The first-order chi connectivity index (χ1) is 11.8. The van der Waals surface area contributed by atoms with E-state index in [1.165, 1.54) is 12.1 Å². The molecule has 2 rings (SSSR count). The van der Waals surface area contributed by atoms with E-state index in [1.54, 1.807) is 13.1 Å². The molecule has 2 N–H and O–H groups in total. The third-order valence-electron chi connectivity index (χ3n) is 3.76. The van der Waals surface area contributed by atoms with E-state index in [9.17, 15) is 9.18 Å². The van der Waals surface area contributed by atoms with Crippen LogP contribution in [0.15, 0.2) is 29.3 Å². The summed E-state index contributed by atoms with van der Waals surface area (Å²) in [6.45, 7) is 7.44. The second kappa shape index (κ2) is 9.94. The lowest BCUT2D eigenvalue weighted by Gasteiger charge is -2.23. The molecule has 0 aromatic heterocycles. The predicted molar refractivity (Wildman–Crippen MR) is 111 cm³/mol. The minimum Gasteiger partial charge on any atom is -0.444 e. The van der Waals surface area contributed by atoms with Crippen molar-refractivity contribution in [1.82, 2.24) is 15.5 Å².